The van der Waals surface area contributed by atoms with E-state index in [-0.39, 0.29) is 6.61 Å². The lowest BCUT2D eigenvalue weighted by molar-refractivity contribution is -0.142. The van der Waals surface area contributed by atoms with Crippen molar-refractivity contribution in [1.82, 2.24) is 5.32 Å². The van der Waals surface area contributed by atoms with Crippen molar-refractivity contribution in [3.05, 3.63) is 58.4 Å². The van der Waals surface area contributed by atoms with Crippen LogP contribution >= 0.6 is 11.8 Å². The number of ether oxygens (including phenoxy) is 2. The molecular formula is C24H25NO7S. The minimum Gasteiger partial charge on any atom is -0.497 e. The van der Waals surface area contributed by atoms with Crippen LogP contribution < -0.4 is 20.4 Å². The Morgan fingerprint density at radius 3 is 2.55 bits per heavy atom. The molecule has 1 amide bonds. The lowest BCUT2D eigenvalue weighted by Crippen LogP contribution is -2.43. The quantitative estimate of drug-likeness (QED) is 0.432. The number of nitrogens with one attached hydrogen (secondary N) is 1. The fraction of sp³-hybridized carbons (Fsp3) is 0.292. The summed E-state index contributed by atoms with van der Waals surface area (Å²) < 4.78 is 16.3. The number of rotatable bonds is 10. The summed E-state index contributed by atoms with van der Waals surface area (Å²) in [7, 11) is 1.58. The van der Waals surface area contributed by atoms with Gasteiger partial charge in [0.05, 0.1) is 7.11 Å². The molecule has 0 aliphatic rings. The topological polar surface area (TPSA) is 115 Å². The highest BCUT2D eigenvalue weighted by molar-refractivity contribution is 7.98. The molecule has 1 heterocycles. The van der Waals surface area contributed by atoms with Gasteiger partial charge in [-0.05, 0) is 60.7 Å². The Balaban J connectivity index is 1.83. The van der Waals surface area contributed by atoms with Crippen molar-refractivity contribution in [2.45, 2.75) is 19.4 Å². The van der Waals surface area contributed by atoms with E-state index in [2.05, 4.69) is 5.32 Å². The molecule has 0 saturated heterocycles. The van der Waals surface area contributed by atoms with E-state index in [1.54, 1.807) is 26.2 Å². The predicted octanol–water partition coefficient (Wildman–Crippen LogP) is 3.48. The first kappa shape index (κ1) is 24.2. The molecule has 0 bridgehead atoms. The van der Waals surface area contributed by atoms with E-state index in [1.165, 1.54) is 17.8 Å². The van der Waals surface area contributed by atoms with Crippen molar-refractivity contribution < 1.29 is 28.6 Å². The number of carboxylic acids is 1. The van der Waals surface area contributed by atoms with Gasteiger partial charge in [0, 0.05) is 17.0 Å². The first-order valence-corrected chi connectivity index (χ1v) is 11.6. The van der Waals surface area contributed by atoms with Crippen LogP contribution in [0, 0.1) is 6.92 Å². The Morgan fingerprint density at radius 1 is 1.18 bits per heavy atom. The second-order valence-electron chi connectivity index (χ2n) is 7.30. The van der Waals surface area contributed by atoms with Gasteiger partial charge in [-0.2, -0.15) is 11.8 Å². The number of aliphatic carboxylic acids is 1. The second kappa shape index (κ2) is 10.9. The van der Waals surface area contributed by atoms with Gasteiger partial charge < -0.3 is 24.3 Å². The highest BCUT2D eigenvalue weighted by Gasteiger charge is 2.20. The molecule has 3 aromatic rings. The number of methoxy groups -OCH3 is 1. The number of amides is 1. The first-order valence-electron chi connectivity index (χ1n) is 10.2. The zero-order chi connectivity index (χ0) is 24.0. The fourth-order valence-electron chi connectivity index (χ4n) is 3.38. The maximum atomic E-state index is 12.2. The zero-order valence-electron chi connectivity index (χ0n) is 18.5. The molecule has 1 atom stereocenters. The van der Waals surface area contributed by atoms with Gasteiger partial charge >= 0.3 is 11.6 Å². The zero-order valence-corrected chi connectivity index (χ0v) is 19.4. The lowest BCUT2D eigenvalue weighted by atomic mass is 10.00. The molecule has 0 aliphatic carbocycles. The van der Waals surface area contributed by atoms with E-state index in [1.807, 2.05) is 30.5 Å². The highest BCUT2D eigenvalue weighted by Crippen LogP contribution is 2.33. The van der Waals surface area contributed by atoms with Crippen LogP contribution in [-0.2, 0) is 9.59 Å². The van der Waals surface area contributed by atoms with Gasteiger partial charge in [0.2, 0.25) is 0 Å². The van der Waals surface area contributed by atoms with Gasteiger partial charge in [-0.15, -0.1) is 0 Å². The molecule has 0 saturated carbocycles. The summed E-state index contributed by atoms with van der Waals surface area (Å²) in [5.41, 5.74) is 1.93. The molecule has 3 rings (SSSR count). The molecule has 2 aromatic carbocycles. The standard InChI is InChI=1S/C24H25NO7S/c1-14-20(31-13-21(26)25-19(24(28)29)10-11-33-3)9-8-17-18(12-22(27)32-23(14)17)15-4-6-16(30-2)7-5-15/h4-9,12,19H,10-11,13H2,1-3H3,(H,25,26)(H,28,29). The number of carbonyl (C=O) groups is 2. The SMILES string of the molecule is COc1ccc(-c2cc(=O)oc3c(C)c(OCC(=O)NC(CCSC)C(=O)O)ccc23)cc1. The third-order valence-electron chi connectivity index (χ3n) is 5.11. The Hall–Kier alpha value is -3.46. The number of benzene rings is 2. The van der Waals surface area contributed by atoms with Crippen LogP contribution in [0.4, 0.5) is 0 Å². The largest absolute Gasteiger partial charge is 0.497 e. The number of fused-ring (bicyclic) bond motifs is 1. The van der Waals surface area contributed by atoms with E-state index < -0.39 is 23.5 Å². The molecule has 174 valence electrons. The van der Waals surface area contributed by atoms with Gasteiger partial charge in [0.25, 0.3) is 5.91 Å². The van der Waals surface area contributed by atoms with Gasteiger partial charge in [-0.3, -0.25) is 4.79 Å². The molecule has 0 radical (unpaired) electrons. The van der Waals surface area contributed by atoms with Crippen molar-refractivity contribution in [2.75, 3.05) is 25.7 Å². The van der Waals surface area contributed by atoms with E-state index in [0.29, 0.717) is 40.4 Å². The number of aryl methyl sites for hydroxylation is 1. The van der Waals surface area contributed by atoms with Crippen LogP contribution in [0.2, 0.25) is 0 Å². The third-order valence-corrected chi connectivity index (χ3v) is 5.76. The number of hydrogen-bond donors (Lipinski definition) is 2. The molecule has 9 heteroatoms. The first-order chi connectivity index (χ1) is 15.8. The molecule has 0 spiro atoms. The predicted molar refractivity (Wildman–Crippen MR) is 127 cm³/mol. The molecule has 0 aliphatic heterocycles. The number of carboxylic acid groups (broad SMARTS) is 1. The molecule has 0 fully saturated rings. The molecule has 1 unspecified atom stereocenters. The maximum Gasteiger partial charge on any atom is 0.336 e. The summed E-state index contributed by atoms with van der Waals surface area (Å²) in [4.78, 5) is 35.8. The van der Waals surface area contributed by atoms with Crippen molar-refractivity contribution >= 4 is 34.6 Å². The number of carbonyl (C=O) groups excluding carboxylic acids is 1. The van der Waals surface area contributed by atoms with Crippen LogP contribution in [0.5, 0.6) is 11.5 Å². The Labute approximate surface area is 194 Å². The van der Waals surface area contributed by atoms with Gasteiger partial charge in [-0.25, -0.2) is 9.59 Å². The minimum absolute atomic E-state index is 0.316. The van der Waals surface area contributed by atoms with Crippen molar-refractivity contribution in [1.29, 1.82) is 0 Å². The third kappa shape index (κ3) is 5.87. The van der Waals surface area contributed by atoms with Crippen LogP contribution in [0.15, 0.2) is 51.7 Å². The normalized spacial score (nSPS) is 11.7. The fourth-order valence-corrected chi connectivity index (χ4v) is 3.85. The summed E-state index contributed by atoms with van der Waals surface area (Å²) in [5.74, 6) is 0.0410. The van der Waals surface area contributed by atoms with Crippen molar-refractivity contribution in [2.24, 2.45) is 0 Å². The maximum absolute atomic E-state index is 12.2. The minimum atomic E-state index is -1.09. The Kier molecular flexibility index (Phi) is 8.00. The highest BCUT2D eigenvalue weighted by atomic mass is 32.2. The van der Waals surface area contributed by atoms with E-state index >= 15 is 0 Å². The van der Waals surface area contributed by atoms with E-state index in [0.717, 1.165) is 10.9 Å². The van der Waals surface area contributed by atoms with Crippen molar-refractivity contribution in [3.8, 4) is 22.6 Å². The number of hydrogen-bond acceptors (Lipinski definition) is 7. The van der Waals surface area contributed by atoms with Gasteiger partial charge in [0.1, 0.15) is 23.1 Å². The molecule has 1 aromatic heterocycles. The van der Waals surface area contributed by atoms with Gasteiger partial charge in [-0.1, -0.05) is 12.1 Å². The average Bonchev–Trinajstić information content (AvgIpc) is 2.81. The molecule has 2 N–H and O–H groups in total. The summed E-state index contributed by atoms with van der Waals surface area (Å²) in [6.07, 6.45) is 2.18. The van der Waals surface area contributed by atoms with Crippen LogP contribution in [-0.4, -0.2) is 48.8 Å². The Morgan fingerprint density at radius 2 is 1.91 bits per heavy atom. The average molecular weight is 472 g/mol. The summed E-state index contributed by atoms with van der Waals surface area (Å²) >= 11 is 1.50. The smallest absolute Gasteiger partial charge is 0.336 e. The van der Waals surface area contributed by atoms with E-state index in [4.69, 9.17) is 13.9 Å². The van der Waals surface area contributed by atoms with Crippen LogP contribution in [0.3, 0.4) is 0 Å². The summed E-state index contributed by atoms with van der Waals surface area (Å²) in [6.45, 7) is 1.37. The summed E-state index contributed by atoms with van der Waals surface area (Å²) in [6, 6.07) is 11.2. The molecule has 8 nitrogen and oxygen atoms in total. The lowest BCUT2D eigenvalue weighted by Gasteiger charge is -2.15. The second-order valence-corrected chi connectivity index (χ2v) is 8.29. The van der Waals surface area contributed by atoms with Crippen LogP contribution in [0.25, 0.3) is 22.1 Å². The monoisotopic (exact) mass is 471 g/mol. The van der Waals surface area contributed by atoms with Crippen molar-refractivity contribution in [3.63, 3.8) is 0 Å². The Bertz CT molecular complexity index is 1200. The molecular weight excluding hydrogens is 446 g/mol. The van der Waals surface area contributed by atoms with Gasteiger partial charge in [0.15, 0.2) is 6.61 Å². The van der Waals surface area contributed by atoms with Crippen LogP contribution in [0.1, 0.15) is 12.0 Å². The molecule has 33 heavy (non-hydrogen) atoms. The van der Waals surface area contributed by atoms with E-state index in [9.17, 15) is 19.5 Å². The number of thioether (sulfide) groups is 1. The summed E-state index contributed by atoms with van der Waals surface area (Å²) in [5, 5.41) is 12.4.